The molecule has 0 aromatic carbocycles. The first-order chi connectivity index (χ1) is 12.4. The summed E-state index contributed by atoms with van der Waals surface area (Å²) < 4.78 is 5.09. The summed E-state index contributed by atoms with van der Waals surface area (Å²) in [6, 6.07) is 0. The number of carbonyl (C=O) groups excluding carboxylic acids is 2. The lowest BCUT2D eigenvalue weighted by molar-refractivity contribution is -0.146. The lowest BCUT2D eigenvalue weighted by Crippen LogP contribution is -2.51. The predicted molar refractivity (Wildman–Crippen MR) is 94.6 cm³/mol. The zero-order valence-corrected chi connectivity index (χ0v) is 15.4. The van der Waals surface area contributed by atoms with E-state index in [-0.39, 0.29) is 23.8 Å². The molecular weight excluding hydrogens is 336 g/mol. The third-order valence-electron chi connectivity index (χ3n) is 5.44. The number of rotatable bonds is 5. The van der Waals surface area contributed by atoms with Crippen LogP contribution < -0.4 is 5.56 Å². The third kappa shape index (κ3) is 3.65. The van der Waals surface area contributed by atoms with E-state index in [0.717, 1.165) is 19.4 Å². The predicted octanol–water partition coefficient (Wildman–Crippen LogP) is 0.108. The number of piperidine rings is 1. The highest BCUT2D eigenvalue weighted by Crippen LogP contribution is 2.40. The van der Waals surface area contributed by atoms with Crippen LogP contribution in [0.3, 0.4) is 0 Å². The van der Waals surface area contributed by atoms with Gasteiger partial charge in [-0.05, 0) is 26.2 Å². The molecule has 2 fully saturated rings. The molecule has 3 rings (SSSR count). The van der Waals surface area contributed by atoms with Crippen LogP contribution in [0, 0.1) is 12.3 Å². The van der Waals surface area contributed by atoms with Gasteiger partial charge in [0.25, 0.3) is 5.56 Å². The van der Waals surface area contributed by atoms with Gasteiger partial charge < -0.3 is 19.5 Å². The minimum absolute atomic E-state index is 0.0142. The van der Waals surface area contributed by atoms with Crippen LogP contribution in [0.25, 0.3) is 0 Å². The largest absolute Gasteiger partial charge is 0.383 e. The number of nitrogens with one attached hydrogen (secondary N) is 1. The highest BCUT2D eigenvalue weighted by molar-refractivity contribution is 5.86. The van der Waals surface area contributed by atoms with Gasteiger partial charge in [-0.15, -0.1) is 0 Å². The molecule has 0 aliphatic carbocycles. The number of aromatic amines is 1. The maximum Gasteiger partial charge on any atom is 0.254 e. The minimum Gasteiger partial charge on any atom is -0.383 e. The molecule has 0 saturated carbocycles. The zero-order chi connectivity index (χ0) is 18.7. The molecule has 142 valence electrons. The molecule has 1 N–H and O–H groups in total. The van der Waals surface area contributed by atoms with Crippen LogP contribution in [-0.2, 0) is 20.7 Å². The van der Waals surface area contributed by atoms with Gasteiger partial charge in [0.15, 0.2) is 0 Å². The Morgan fingerprint density at radius 2 is 2.15 bits per heavy atom. The topological polar surface area (TPSA) is 95.6 Å². The molecule has 1 atom stereocenters. The van der Waals surface area contributed by atoms with Crippen LogP contribution >= 0.6 is 0 Å². The van der Waals surface area contributed by atoms with E-state index in [1.165, 1.54) is 6.20 Å². The maximum absolute atomic E-state index is 12.9. The fourth-order valence-electron chi connectivity index (χ4n) is 3.94. The number of H-pyrrole nitrogens is 1. The number of likely N-dealkylation sites (tertiary alicyclic amines) is 2. The Bertz CT molecular complexity index is 747. The Kier molecular flexibility index (Phi) is 5.41. The Hall–Kier alpha value is -2.22. The third-order valence-corrected chi connectivity index (χ3v) is 5.44. The molecule has 26 heavy (non-hydrogen) atoms. The second kappa shape index (κ2) is 7.57. The molecule has 0 radical (unpaired) electrons. The highest BCUT2D eigenvalue weighted by atomic mass is 16.5. The number of carbonyl (C=O) groups is 2. The number of aryl methyl sites for hydroxylation is 1. The number of nitrogens with zero attached hydrogens (tertiary/aromatic N) is 3. The van der Waals surface area contributed by atoms with Crippen LogP contribution in [0.4, 0.5) is 0 Å². The molecule has 8 nitrogen and oxygen atoms in total. The standard InChI is InChI=1S/C18H26N4O4/c1-13-19-11-14(16(24)20-13)10-15(23)22-7-5-18(12-22)4-3-6-21(17(18)25)8-9-26-2/h11H,3-10,12H2,1-2H3,(H,19,20,24)/t18-/m1/s1. The van der Waals surface area contributed by atoms with Gasteiger partial charge >= 0.3 is 0 Å². The van der Waals surface area contributed by atoms with Crippen molar-refractivity contribution in [3.63, 3.8) is 0 Å². The van der Waals surface area contributed by atoms with Crippen molar-refractivity contribution in [3.05, 3.63) is 27.9 Å². The number of hydrogen-bond acceptors (Lipinski definition) is 5. The van der Waals surface area contributed by atoms with Crippen molar-refractivity contribution in [1.82, 2.24) is 19.8 Å². The SMILES string of the molecule is COCCN1CCC[C@]2(CCN(C(=O)Cc3cnc(C)[nH]c3=O)C2)C1=O. The smallest absolute Gasteiger partial charge is 0.254 e. The van der Waals surface area contributed by atoms with Gasteiger partial charge in [-0.1, -0.05) is 0 Å². The van der Waals surface area contributed by atoms with Crippen molar-refractivity contribution in [3.8, 4) is 0 Å². The number of aromatic nitrogens is 2. The Balaban J connectivity index is 1.66. The molecule has 2 amide bonds. The first-order valence-corrected chi connectivity index (χ1v) is 9.06. The van der Waals surface area contributed by atoms with Gasteiger partial charge in [0.2, 0.25) is 11.8 Å². The number of amides is 2. The fraction of sp³-hybridized carbons (Fsp3) is 0.667. The van der Waals surface area contributed by atoms with E-state index in [0.29, 0.717) is 44.0 Å². The Morgan fingerprint density at radius 1 is 1.35 bits per heavy atom. The summed E-state index contributed by atoms with van der Waals surface area (Å²) in [6.07, 6.45) is 3.91. The molecule has 2 aliphatic heterocycles. The molecule has 2 aliphatic rings. The molecule has 1 aromatic heterocycles. The van der Waals surface area contributed by atoms with Crippen LogP contribution in [0.5, 0.6) is 0 Å². The summed E-state index contributed by atoms with van der Waals surface area (Å²) in [5.41, 5.74) is -0.392. The van der Waals surface area contributed by atoms with Crippen molar-refractivity contribution in [2.24, 2.45) is 5.41 Å². The van der Waals surface area contributed by atoms with Gasteiger partial charge in [0, 0.05) is 45.0 Å². The average molecular weight is 362 g/mol. The molecule has 8 heteroatoms. The summed E-state index contributed by atoms with van der Waals surface area (Å²) in [5.74, 6) is 0.529. The number of methoxy groups -OCH3 is 1. The van der Waals surface area contributed by atoms with Gasteiger partial charge in [-0.2, -0.15) is 0 Å². The molecule has 1 aromatic rings. The van der Waals surface area contributed by atoms with Gasteiger partial charge in [-0.25, -0.2) is 4.98 Å². The second-order valence-corrected chi connectivity index (χ2v) is 7.23. The van der Waals surface area contributed by atoms with E-state index in [2.05, 4.69) is 9.97 Å². The normalized spacial score (nSPS) is 23.1. The van der Waals surface area contributed by atoms with E-state index in [4.69, 9.17) is 4.74 Å². The van der Waals surface area contributed by atoms with Crippen molar-refractivity contribution >= 4 is 11.8 Å². The summed E-state index contributed by atoms with van der Waals surface area (Å²) in [6.45, 7) is 4.55. The van der Waals surface area contributed by atoms with Crippen LogP contribution in [0.2, 0.25) is 0 Å². The van der Waals surface area contributed by atoms with Crippen molar-refractivity contribution in [2.45, 2.75) is 32.6 Å². The second-order valence-electron chi connectivity index (χ2n) is 7.23. The van der Waals surface area contributed by atoms with Gasteiger partial charge in [-0.3, -0.25) is 14.4 Å². The van der Waals surface area contributed by atoms with Crippen LogP contribution in [-0.4, -0.2) is 71.5 Å². The number of hydrogen-bond donors (Lipinski definition) is 1. The van der Waals surface area contributed by atoms with Gasteiger partial charge in [0.1, 0.15) is 5.82 Å². The van der Waals surface area contributed by atoms with Crippen molar-refractivity contribution in [2.75, 3.05) is 39.9 Å². The molecule has 3 heterocycles. The molecule has 0 bridgehead atoms. The first kappa shape index (κ1) is 18.6. The molecule has 1 spiro atoms. The van der Waals surface area contributed by atoms with E-state index in [1.807, 2.05) is 4.90 Å². The van der Waals surface area contributed by atoms with E-state index < -0.39 is 5.41 Å². The average Bonchev–Trinajstić information content (AvgIpc) is 3.04. The van der Waals surface area contributed by atoms with Gasteiger partial charge in [0.05, 0.1) is 18.4 Å². The summed E-state index contributed by atoms with van der Waals surface area (Å²) >= 11 is 0. The quantitative estimate of drug-likeness (QED) is 0.802. The minimum atomic E-state index is -0.473. The Morgan fingerprint density at radius 3 is 2.88 bits per heavy atom. The summed E-state index contributed by atoms with van der Waals surface area (Å²) in [5, 5.41) is 0. The van der Waals surface area contributed by atoms with Crippen LogP contribution in [0.15, 0.2) is 11.0 Å². The number of ether oxygens (including phenoxy) is 1. The summed E-state index contributed by atoms with van der Waals surface area (Å²) in [7, 11) is 1.63. The lowest BCUT2D eigenvalue weighted by atomic mass is 9.78. The fourth-order valence-corrected chi connectivity index (χ4v) is 3.94. The monoisotopic (exact) mass is 362 g/mol. The Labute approximate surface area is 152 Å². The summed E-state index contributed by atoms with van der Waals surface area (Å²) in [4.78, 5) is 47.8. The zero-order valence-electron chi connectivity index (χ0n) is 15.4. The van der Waals surface area contributed by atoms with E-state index in [1.54, 1.807) is 18.9 Å². The van der Waals surface area contributed by atoms with Crippen LogP contribution in [0.1, 0.15) is 30.7 Å². The van der Waals surface area contributed by atoms with Crippen molar-refractivity contribution < 1.29 is 14.3 Å². The van der Waals surface area contributed by atoms with Crippen molar-refractivity contribution in [1.29, 1.82) is 0 Å². The lowest BCUT2D eigenvalue weighted by Gasteiger charge is -2.39. The first-order valence-electron chi connectivity index (χ1n) is 9.06. The highest BCUT2D eigenvalue weighted by Gasteiger charge is 2.49. The molecule has 2 saturated heterocycles. The maximum atomic E-state index is 12.9. The molecule has 0 unspecified atom stereocenters. The van der Waals surface area contributed by atoms with E-state index in [9.17, 15) is 14.4 Å². The molecular formula is C18H26N4O4. The van der Waals surface area contributed by atoms with E-state index >= 15 is 0 Å².